The molecule has 0 saturated carbocycles. The molecule has 2 N–H and O–H groups in total. The van der Waals surface area contributed by atoms with Gasteiger partial charge < -0.3 is 10.6 Å². The lowest BCUT2D eigenvalue weighted by Gasteiger charge is -2.29. The first-order valence-corrected chi connectivity index (χ1v) is 7.13. The van der Waals surface area contributed by atoms with E-state index >= 15 is 0 Å². The van der Waals surface area contributed by atoms with Gasteiger partial charge in [0.2, 0.25) is 0 Å². The van der Waals surface area contributed by atoms with E-state index in [1.54, 1.807) is 0 Å². The number of nitrogens with one attached hydrogen (secondary N) is 2. The van der Waals surface area contributed by atoms with Crippen LogP contribution in [0.3, 0.4) is 0 Å². The summed E-state index contributed by atoms with van der Waals surface area (Å²) >= 11 is 0. The molecular formula is C14H30N2. The van der Waals surface area contributed by atoms with Gasteiger partial charge in [0.15, 0.2) is 0 Å². The molecule has 1 aliphatic heterocycles. The Labute approximate surface area is 102 Å². The Kier molecular flexibility index (Phi) is 6.37. The van der Waals surface area contributed by atoms with Gasteiger partial charge in [-0.25, -0.2) is 0 Å². The fraction of sp³-hybridized carbons (Fsp3) is 1.00. The van der Waals surface area contributed by atoms with Gasteiger partial charge in [-0.2, -0.15) is 0 Å². The predicted molar refractivity (Wildman–Crippen MR) is 71.8 cm³/mol. The molecule has 4 atom stereocenters. The largest absolute Gasteiger partial charge is 0.314 e. The highest BCUT2D eigenvalue weighted by Crippen LogP contribution is 2.13. The summed E-state index contributed by atoms with van der Waals surface area (Å²) in [7, 11) is 0. The van der Waals surface area contributed by atoms with Gasteiger partial charge in [0.05, 0.1) is 0 Å². The number of hydrogen-bond acceptors (Lipinski definition) is 2. The van der Waals surface area contributed by atoms with Gasteiger partial charge in [-0.05, 0) is 45.6 Å². The molecule has 1 aliphatic rings. The van der Waals surface area contributed by atoms with Crippen molar-refractivity contribution in [3.63, 3.8) is 0 Å². The second-order valence-corrected chi connectivity index (χ2v) is 5.62. The van der Waals surface area contributed by atoms with Crippen molar-refractivity contribution in [1.29, 1.82) is 0 Å². The Morgan fingerprint density at radius 2 is 2.00 bits per heavy atom. The molecule has 0 aromatic carbocycles. The first-order chi connectivity index (χ1) is 7.63. The maximum atomic E-state index is 3.74. The zero-order valence-corrected chi connectivity index (χ0v) is 11.6. The molecule has 2 heteroatoms. The molecule has 0 spiro atoms. The van der Waals surface area contributed by atoms with Crippen LogP contribution < -0.4 is 10.6 Å². The van der Waals surface area contributed by atoms with E-state index in [4.69, 9.17) is 0 Å². The summed E-state index contributed by atoms with van der Waals surface area (Å²) in [6.45, 7) is 10.5. The van der Waals surface area contributed by atoms with Crippen LogP contribution in [-0.4, -0.2) is 24.7 Å². The zero-order chi connectivity index (χ0) is 12.0. The van der Waals surface area contributed by atoms with Crippen molar-refractivity contribution in [3.8, 4) is 0 Å². The fourth-order valence-corrected chi connectivity index (χ4v) is 2.59. The summed E-state index contributed by atoms with van der Waals surface area (Å²) < 4.78 is 0. The van der Waals surface area contributed by atoms with Crippen LogP contribution >= 0.6 is 0 Å². The summed E-state index contributed by atoms with van der Waals surface area (Å²) in [6, 6.07) is 2.03. The molecule has 16 heavy (non-hydrogen) atoms. The van der Waals surface area contributed by atoms with Crippen molar-refractivity contribution in [1.82, 2.24) is 10.6 Å². The lowest BCUT2D eigenvalue weighted by molar-refractivity contribution is 0.303. The summed E-state index contributed by atoms with van der Waals surface area (Å²) in [5.74, 6) is 0.779. The predicted octanol–water partition coefficient (Wildman–Crippen LogP) is 2.93. The minimum Gasteiger partial charge on any atom is -0.314 e. The Morgan fingerprint density at radius 3 is 2.56 bits per heavy atom. The van der Waals surface area contributed by atoms with Crippen LogP contribution in [-0.2, 0) is 0 Å². The lowest BCUT2D eigenvalue weighted by Crippen LogP contribution is -2.44. The smallest absolute Gasteiger partial charge is 0.00817 e. The second-order valence-electron chi connectivity index (χ2n) is 5.62. The van der Waals surface area contributed by atoms with E-state index in [2.05, 4.69) is 38.3 Å². The molecule has 1 heterocycles. The third-order valence-corrected chi connectivity index (χ3v) is 4.10. The van der Waals surface area contributed by atoms with Crippen LogP contribution in [0.4, 0.5) is 0 Å². The molecule has 0 bridgehead atoms. The average Bonchev–Trinajstić information content (AvgIpc) is 2.29. The van der Waals surface area contributed by atoms with Crippen molar-refractivity contribution < 1.29 is 0 Å². The van der Waals surface area contributed by atoms with Crippen molar-refractivity contribution in [2.45, 2.75) is 77.9 Å². The zero-order valence-electron chi connectivity index (χ0n) is 11.6. The first-order valence-electron chi connectivity index (χ1n) is 7.13. The molecule has 96 valence electrons. The van der Waals surface area contributed by atoms with Crippen LogP contribution in [0.5, 0.6) is 0 Å². The molecule has 1 rings (SSSR count). The molecule has 0 aliphatic carbocycles. The Morgan fingerprint density at radius 1 is 1.25 bits per heavy atom. The monoisotopic (exact) mass is 226 g/mol. The maximum absolute atomic E-state index is 3.74. The maximum Gasteiger partial charge on any atom is 0.00817 e. The van der Waals surface area contributed by atoms with Gasteiger partial charge in [0.25, 0.3) is 0 Å². The van der Waals surface area contributed by atoms with Gasteiger partial charge in [-0.1, -0.05) is 26.7 Å². The van der Waals surface area contributed by atoms with Crippen LogP contribution in [0.15, 0.2) is 0 Å². The van der Waals surface area contributed by atoms with Gasteiger partial charge in [0.1, 0.15) is 0 Å². The van der Waals surface area contributed by atoms with Crippen molar-refractivity contribution in [2.75, 3.05) is 6.54 Å². The van der Waals surface area contributed by atoms with E-state index in [0.29, 0.717) is 12.1 Å². The molecular weight excluding hydrogens is 196 g/mol. The van der Waals surface area contributed by atoms with Crippen molar-refractivity contribution >= 4 is 0 Å². The number of piperidine rings is 1. The van der Waals surface area contributed by atoms with E-state index in [1.807, 2.05) is 0 Å². The third-order valence-electron chi connectivity index (χ3n) is 4.10. The SMILES string of the molecule is CCC(C)C(C)NC(C)CC1CCCCN1. The normalized spacial score (nSPS) is 27.4. The van der Waals surface area contributed by atoms with Gasteiger partial charge >= 0.3 is 0 Å². The topological polar surface area (TPSA) is 24.1 Å². The average molecular weight is 226 g/mol. The van der Waals surface area contributed by atoms with E-state index in [9.17, 15) is 0 Å². The van der Waals surface area contributed by atoms with E-state index < -0.39 is 0 Å². The highest BCUT2D eigenvalue weighted by atomic mass is 15.0. The molecule has 4 unspecified atom stereocenters. The minimum absolute atomic E-state index is 0.639. The number of hydrogen-bond donors (Lipinski definition) is 2. The number of rotatable bonds is 6. The van der Waals surface area contributed by atoms with Gasteiger partial charge in [-0.3, -0.25) is 0 Å². The van der Waals surface area contributed by atoms with Crippen LogP contribution in [0.1, 0.15) is 59.8 Å². The molecule has 0 amide bonds. The summed E-state index contributed by atoms with van der Waals surface area (Å²) in [5.41, 5.74) is 0. The standard InChI is InChI=1S/C14H30N2/c1-5-11(2)13(4)16-12(3)10-14-8-6-7-9-15-14/h11-16H,5-10H2,1-4H3. The molecule has 1 saturated heterocycles. The molecule has 0 aromatic heterocycles. The highest BCUT2D eigenvalue weighted by molar-refractivity contribution is 4.79. The highest BCUT2D eigenvalue weighted by Gasteiger charge is 2.18. The van der Waals surface area contributed by atoms with Gasteiger partial charge in [0, 0.05) is 18.1 Å². The first kappa shape index (κ1) is 14.0. The lowest BCUT2D eigenvalue weighted by atomic mass is 9.96. The van der Waals surface area contributed by atoms with Crippen molar-refractivity contribution in [3.05, 3.63) is 0 Å². The van der Waals surface area contributed by atoms with E-state index in [1.165, 1.54) is 38.6 Å². The molecule has 0 radical (unpaired) electrons. The Hall–Kier alpha value is -0.0800. The second kappa shape index (κ2) is 7.29. The van der Waals surface area contributed by atoms with Crippen molar-refractivity contribution in [2.24, 2.45) is 5.92 Å². The Bertz CT molecular complexity index is 172. The molecule has 1 fully saturated rings. The van der Waals surface area contributed by atoms with Crippen LogP contribution in [0.25, 0.3) is 0 Å². The van der Waals surface area contributed by atoms with E-state index in [-0.39, 0.29) is 0 Å². The fourth-order valence-electron chi connectivity index (χ4n) is 2.59. The Balaban J connectivity index is 2.20. The molecule has 0 aromatic rings. The van der Waals surface area contributed by atoms with Crippen LogP contribution in [0.2, 0.25) is 0 Å². The summed E-state index contributed by atoms with van der Waals surface area (Å²) in [4.78, 5) is 0. The minimum atomic E-state index is 0.639. The summed E-state index contributed by atoms with van der Waals surface area (Å²) in [6.07, 6.45) is 6.68. The van der Waals surface area contributed by atoms with Crippen LogP contribution in [0, 0.1) is 5.92 Å². The third kappa shape index (κ3) is 4.84. The van der Waals surface area contributed by atoms with E-state index in [0.717, 1.165) is 12.0 Å². The van der Waals surface area contributed by atoms with Gasteiger partial charge in [-0.15, -0.1) is 0 Å². The quantitative estimate of drug-likeness (QED) is 0.727. The summed E-state index contributed by atoms with van der Waals surface area (Å²) in [5, 5.41) is 7.36. The molecule has 2 nitrogen and oxygen atoms in total.